The fourth-order valence-electron chi connectivity index (χ4n) is 2.34. The Kier molecular flexibility index (Phi) is 7.83. The minimum Gasteiger partial charge on any atom is -0.492 e. The summed E-state index contributed by atoms with van der Waals surface area (Å²) in [5.41, 5.74) is 7.45. The number of benzene rings is 1. The van der Waals surface area contributed by atoms with Crippen LogP contribution in [0.15, 0.2) is 18.2 Å². The Hall–Kier alpha value is -1.55. The number of aryl methyl sites for hydroxylation is 1. The van der Waals surface area contributed by atoms with Crippen LogP contribution in [0.4, 0.5) is 5.69 Å². The van der Waals surface area contributed by atoms with Crippen molar-refractivity contribution < 1.29 is 9.53 Å². The third kappa shape index (κ3) is 6.17. The normalized spacial score (nSPS) is 12.0. The summed E-state index contributed by atoms with van der Waals surface area (Å²) in [7, 11) is 0. The number of anilines is 1. The quantitative estimate of drug-likeness (QED) is 0.732. The van der Waals surface area contributed by atoms with Crippen LogP contribution in [0.1, 0.15) is 45.1 Å². The highest BCUT2D eigenvalue weighted by atomic mass is 16.5. The Morgan fingerprint density at radius 2 is 2.10 bits per heavy atom. The molecule has 1 aromatic rings. The van der Waals surface area contributed by atoms with Gasteiger partial charge in [-0.05, 0) is 56.8 Å². The number of carbonyl (C=O) groups excluding carboxylic acids is 1. The lowest BCUT2D eigenvalue weighted by atomic mass is 9.96. The SMILES string of the molecule is CCOc1cc(C)ccc1NC(=O)CCC(CC)CCN. The molecule has 0 heterocycles. The standard InChI is InChI=1S/C17H28N2O2/c1-4-14(10-11-18)7-9-17(20)19-15-8-6-13(3)12-16(15)21-5-2/h6,8,12,14H,4-5,7,9-11,18H2,1-3H3,(H,19,20). The van der Waals surface area contributed by atoms with E-state index < -0.39 is 0 Å². The number of ether oxygens (including phenoxy) is 1. The lowest BCUT2D eigenvalue weighted by Crippen LogP contribution is -2.15. The second kappa shape index (κ2) is 9.40. The van der Waals surface area contributed by atoms with Crippen LogP contribution < -0.4 is 15.8 Å². The number of hydrogen-bond donors (Lipinski definition) is 2. The molecule has 0 saturated carbocycles. The minimum absolute atomic E-state index is 0.0373. The first-order valence-corrected chi connectivity index (χ1v) is 7.84. The van der Waals surface area contributed by atoms with E-state index in [1.54, 1.807) is 0 Å². The summed E-state index contributed by atoms with van der Waals surface area (Å²) < 4.78 is 5.57. The summed E-state index contributed by atoms with van der Waals surface area (Å²) in [6, 6.07) is 5.82. The fraction of sp³-hybridized carbons (Fsp3) is 0.588. The predicted molar refractivity (Wildman–Crippen MR) is 87.7 cm³/mol. The van der Waals surface area contributed by atoms with E-state index in [0.29, 0.717) is 25.5 Å². The molecule has 0 radical (unpaired) electrons. The summed E-state index contributed by atoms with van der Waals surface area (Å²) in [4.78, 5) is 12.1. The maximum Gasteiger partial charge on any atom is 0.224 e. The van der Waals surface area contributed by atoms with Crippen molar-refractivity contribution in [2.24, 2.45) is 11.7 Å². The molecule has 4 nitrogen and oxygen atoms in total. The van der Waals surface area contributed by atoms with Crippen LogP contribution >= 0.6 is 0 Å². The van der Waals surface area contributed by atoms with Crippen molar-refractivity contribution in [3.8, 4) is 5.75 Å². The van der Waals surface area contributed by atoms with Gasteiger partial charge in [0.2, 0.25) is 5.91 Å². The molecule has 0 saturated heterocycles. The van der Waals surface area contributed by atoms with E-state index in [1.807, 2.05) is 32.0 Å². The maximum absolute atomic E-state index is 12.1. The van der Waals surface area contributed by atoms with Crippen molar-refractivity contribution in [2.75, 3.05) is 18.5 Å². The second-order valence-electron chi connectivity index (χ2n) is 5.37. The highest BCUT2D eigenvalue weighted by Crippen LogP contribution is 2.26. The molecular formula is C17H28N2O2. The molecule has 4 heteroatoms. The van der Waals surface area contributed by atoms with Gasteiger partial charge in [0, 0.05) is 6.42 Å². The van der Waals surface area contributed by atoms with Gasteiger partial charge in [0.05, 0.1) is 12.3 Å². The van der Waals surface area contributed by atoms with Crippen LogP contribution in [0.2, 0.25) is 0 Å². The van der Waals surface area contributed by atoms with Crippen molar-refractivity contribution in [1.29, 1.82) is 0 Å². The predicted octanol–water partition coefficient (Wildman–Crippen LogP) is 3.49. The van der Waals surface area contributed by atoms with Gasteiger partial charge in [-0.15, -0.1) is 0 Å². The van der Waals surface area contributed by atoms with Crippen LogP contribution in [0.3, 0.4) is 0 Å². The van der Waals surface area contributed by atoms with Crippen LogP contribution in [0.5, 0.6) is 5.75 Å². The average Bonchev–Trinajstić information content (AvgIpc) is 2.46. The van der Waals surface area contributed by atoms with Gasteiger partial charge in [-0.25, -0.2) is 0 Å². The number of nitrogens with two attached hydrogens (primary N) is 1. The first-order valence-electron chi connectivity index (χ1n) is 7.84. The van der Waals surface area contributed by atoms with Gasteiger partial charge in [0.15, 0.2) is 0 Å². The molecule has 0 fully saturated rings. The van der Waals surface area contributed by atoms with E-state index in [1.165, 1.54) is 0 Å². The topological polar surface area (TPSA) is 64.3 Å². The summed E-state index contributed by atoms with van der Waals surface area (Å²) in [5, 5.41) is 2.95. The van der Waals surface area contributed by atoms with Crippen molar-refractivity contribution in [3.63, 3.8) is 0 Å². The van der Waals surface area contributed by atoms with E-state index >= 15 is 0 Å². The monoisotopic (exact) mass is 292 g/mol. The Labute approximate surface area is 128 Å². The molecule has 0 aromatic heterocycles. The molecule has 0 aliphatic rings. The first kappa shape index (κ1) is 17.5. The fourth-order valence-corrected chi connectivity index (χ4v) is 2.34. The molecule has 21 heavy (non-hydrogen) atoms. The van der Waals surface area contributed by atoms with Crippen molar-refractivity contribution in [1.82, 2.24) is 0 Å². The molecular weight excluding hydrogens is 264 g/mol. The molecule has 1 rings (SSSR count). The van der Waals surface area contributed by atoms with Gasteiger partial charge in [0.1, 0.15) is 5.75 Å². The molecule has 0 aliphatic heterocycles. The highest BCUT2D eigenvalue weighted by Gasteiger charge is 2.11. The molecule has 3 N–H and O–H groups in total. The zero-order chi connectivity index (χ0) is 15.7. The smallest absolute Gasteiger partial charge is 0.224 e. The van der Waals surface area contributed by atoms with Gasteiger partial charge in [0.25, 0.3) is 0 Å². The number of nitrogens with one attached hydrogen (secondary N) is 1. The molecule has 0 bridgehead atoms. The van der Waals surface area contributed by atoms with Gasteiger partial charge in [-0.3, -0.25) is 4.79 Å². The molecule has 1 atom stereocenters. The Bertz CT molecular complexity index is 446. The molecule has 0 aliphatic carbocycles. The van der Waals surface area contributed by atoms with E-state index in [-0.39, 0.29) is 5.91 Å². The first-order chi connectivity index (χ1) is 10.1. The lowest BCUT2D eigenvalue weighted by molar-refractivity contribution is -0.116. The van der Waals surface area contributed by atoms with E-state index in [0.717, 1.165) is 36.3 Å². The molecule has 0 spiro atoms. The number of rotatable bonds is 9. The summed E-state index contributed by atoms with van der Waals surface area (Å²) in [6.07, 6.45) is 3.46. The van der Waals surface area contributed by atoms with E-state index in [2.05, 4.69) is 12.2 Å². The van der Waals surface area contributed by atoms with Crippen molar-refractivity contribution in [3.05, 3.63) is 23.8 Å². The van der Waals surface area contributed by atoms with E-state index in [9.17, 15) is 4.79 Å². The Morgan fingerprint density at radius 3 is 2.71 bits per heavy atom. The molecule has 1 aromatic carbocycles. The Balaban J connectivity index is 2.58. The summed E-state index contributed by atoms with van der Waals surface area (Å²) >= 11 is 0. The van der Waals surface area contributed by atoms with Gasteiger partial charge >= 0.3 is 0 Å². The van der Waals surface area contributed by atoms with Crippen molar-refractivity contribution in [2.45, 2.75) is 46.5 Å². The number of amides is 1. The largest absolute Gasteiger partial charge is 0.492 e. The maximum atomic E-state index is 12.1. The Morgan fingerprint density at radius 1 is 1.33 bits per heavy atom. The zero-order valence-electron chi connectivity index (χ0n) is 13.4. The highest BCUT2D eigenvalue weighted by molar-refractivity contribution is 5.92. The van der Waals surface area contributed by atoms with E-state index in [4.69, 9.17) is 10.5 Å². The molecule has 118 valence electrons. The minimum atomic E-state index is 0.0373. The number of hydrogen-bond acceptors (Lipinski definition) is 3. The lowest BCUT2D eigenvalue weighted by Gasteiger charge is -2.15. The third-order valence-electron chi connectivity index (χ3n) is 3.64. The van der Waals surface area contributed by atoms with Crippen molar-refractivity contribution >= 4 is 11.6 Å². The van der Waals surface area contributed by atoms with Crippen LogP contribution in [-0.2, 0) is 4.79 Å². The molecule has 1 unspecified atom stereocenters. The zero-order valence-corrected chi connectivity index (χ0v) is 13.4. The van der Waals surface area contributed by atoms with Crippen LogP contribution in [0, 0.1) is 12.8 Å². The van der Waals surface area contributed by atoms with Gasteiger partial charge in [-0.1, -0.05) is 19.4 Å². The van der Waals surface area contributed by atoms with Gasteiger partial charge in [-0.2, -0.15) is 0 Å². The average molecular weight is 292 g/mol. The summed E-state index contributed by atoms with van der Waals surface area (Å²) in [6.45, 7) is 7.36. The van der Waals surface area contributed by atoms with Gasteiger partial charge < -0.3 is 15.8 Å². The molecule has 1 amide bonds. The third-order valence-corrected chi connectivity index (χ3v) is 3.64. The summed E-state index contributed by atoms with van der Waals surface area (Å²) in [5.74, 6) is 1.31. The van der Waals surface area contributed by atoms with Crippen LogP contribution in [-0.4, -0.2) is 19.1 Å². The second-order valence-corrected chi connectivity index (χ2v) is 5.37. The van der Waals surface area contributed by atoms with Crippen LogP contribution in [0.25, 0.3) is 0 Å². The number of carbonyl (C=O) groups is 1.